The van der Waals surface area contributed by atoms with Gasteiger partial charge in [-0.3, -0.25) is 9.59 Å². The molecule has 1 amide bonds. The molecule has 1 heterocycles. The predicted molar refractivity (Wildman–Crippen MR) is 102 cm³/mol. The maximum atomic E-state index is 12.4. The summed E-state index contributed by atoms with van der Waals surface area (Å²) in [6, 6.07) is 13.6. The zero-order valence-electron chi connectivity index (χ0n) is 15.3. The lowest BCUT2D eigenvalue weighted by atomic mass is 10.1. The Morgan fingerprint density at radius 3 is 2.50 bits per heavy atom. The number of aldehydes is 1. The highest BCUT2D eigenvalue weighted by atomic mass is 16.5. The molecule has 1 aliphatic rings. The first-order chi connectivity index (χ1) is 12.6. The number of benzene rings is 2. The molecule has 0 N–H and O–H groups in total. The van der Waals surface area contributed by atoms with E-state index in [2.05, 4.69) is 4.90 Å². The number of piperazine rings is 1. The summed E-state index contributed by atoms with van der Waals surface area (Å²) in [4.78, 5) is 27.4. The number of hydrogen-bond acceptors (Lipinski definition) is 4. The molecule has 136 valence electrons. The minimum Gasteiger partial charge on any atom is -0.484 e. The SMILES string of the molecule is Cc1cccc(OCC(=O)N2CCN(c3ccc(C=O)c(C)c3)CC2)c1. The number of nitrogens with zero attached hydrogens (tertiary/aromatic N) is 2. The van der Waals surface area contributed by atoms with Crippen LogP contribution in [0.15, 0.2) is 42.5 Å². The fraction of sp³-hybridized carbons (Fsp3) is 0.333. The zero-order valence-corrected chi connectivity index (χ0v) is 15.3. The maximum absolute atomic E-state index is 12.4. The molecule has 2 aromatic carbocycles. The highest BCUT2D eigenvalue weighted by molar-refractivity contribution is 5.79. The third kappa shape index (κ3) is 4.23. The van der Waals surface area contributed by atoms with Crippen LogP contribution < -0.4 is 9.64 Å². The molecule has 0 aliphatic carbocycles. The van der Waals surface area contributed by atoms with E-state index in [-0.39, 0.29) is 12.5 Å². The van der Waals surface area contributed by atoms with E-state index in [0.717, 1.165) is 47.5 Å². The summed E-state index contributed by atoms with van der Waals surface area (Å²) < 4.78 is 5.62. The quantitative estimate of drug-likeness (QED) is 0.777. The van der Waals surface area contributed by atoms with Gasteiger partial charge < -0.3 is 14.5 Å². The van der Waals surface area contributed by atoms with Crippen molar-refractivity contribution in [3.05, 3.63) is 59.2 Å². The summed E-state index contributed by atoms with van der Waals surface area (Å²) in [7, 11) is 0. The van der Waals surface area contributed by atoms with Gasteiger partial charge in [0.2, 0.25) is 0 Å². The number of rotatable bonds is 5. The second kappa shape index (κ2) is 8.04. The second-order valence-corrected chi connectivity index (χ2v) is 6.63. The minimum absolute atomic E-state index is 0.0126. The number of carbonyl (C=O) groups excluding carboxylic acids is 2. The Hall–Kier alpha value is -2.82. The summed E-state index contributed by atoms with van der Waals surface area (Å²) in [5, 5.41) is 0. The summed E-state index contributed by atoms with van der Waals surface area (Å²) in [6.07, 6.45) is 0.879. The van der Waals surface area contributed by atoms with Gasteiger partial charge in [0.1, 0.15) is 12.0 Å². The van der Waals surface area contributed by atoms with E-state index in [4.69, 9.17) is 4.74 Å². The van der Waals surface area contributed by atoms with Gasteiger partial charge in [-0.1, -0.05) is 12.1 Å². The molecule has 5 heteroatoms. The van der Waals surface area contributed by atoms with Crippen LogP contribution >= 0.6 is 0 Å². The molecule has 5 nitrogen and oxygen atoms in total. The van der Waals surface area contributed by atoms with Crippen molar-refractivity contribution in [2.24, 2.45) is 0 Å². The van der Waals surface area contributed by atoms with E-state index in [9.17, 15) is 9.59 Å². The van der Waals surface area contributed by atoms with Crippen molar-refractivity contribution in [1.82, 2.24) is 4.90 Å². The van der Waals surface area contributed by atoms with Crippen molar-refractivity contribution < 1.29 is 14.3 Å². The van der Waals surface area contributed by atoms with Gasteiger partial charge in [0.05, 0.1) is 0 Å². The summed E-state index contributed by atoms with van der Waals surface area (Å²) in [6.45, 7) is 6.89. The lowest BCUT2D eigenvalue weighted by Gasteiger charge is -2.36. The number of hydrogen-bond donors (Lipinski definition) is 0. The molecule has 0 bridgehead atoms. The van der Waals surface area contributed by atoms with Gasteiger partial charge in [-0.2, -0.15) is 0 Å². The van der Waals surface area contributed by atoms with E-state index in [1.165, 1.54) is 0 Å². The fourth-order valence-corrected chi connectivity index (χ4v) is 3.14. The van der Waals surface area contributed by atoms with Crippen molar-refractivity contribution in [3.8, 4) is 5.75 Å². The predicted octanol–water partition coefficient (Wildman–Crippen LogP) is 2.84. The van der Waals surface area contributed by atoms with Crippen LogP contribution in [0.3, 0.4) is 0 Å². The first-order valence-electron chi connectivity index (χ1n) is 8.85. The first-order valence-corrected chi connectivity index (χ1v) is 8.85. The van der Waals surface area contributed by atoms with E-state index in [0.29, 0.717) is 13.1 Å². The summed E-state index contributed by atoms with van der Waals surface area (Å²) in [5.41, 5.74) is 3.90. The van der Waals surface area contributed by atoms with Gasteiger partial charge in [0, 0.05) is 37.4 Å². The third-order valence-electron chi connectivity index (χ3n) is 4.73. The van der Waals surface area contributed by atoms with Gasteiger partial charge in [-0.25, -0.2) is 0 Å². The fourth-order valence-electron chi connectivity index (χ4n) is 3.14. The zero-order chi connectivity index (χ0) is 18.5. The summed E-state index contributed by atoms with van der Waals surface area (Å²) in [5.74, 6) is 0.737. The van der Waals surface area contributed by atoms with Crippen LogP contribution in [0.5, 0.6) is 5.75 Å². The molecule has 0 radical (unpaired) electrons. The van der Waals surface area contributed by atoms with E-state index in [1.807, 2.05) is 61.2 Å². The van der Waals surface area contributed by atoms with Crippen LogP contribution in [0, 0.1) is 13.8 Å². The number of anilines is 1. The monoisotopic (exact) mass is 352 g/mol. The average Bonchev–Trinajstić information content (AvgIpc) is 2.66. The molecule has 0 atom stereocenters. The molecule has 2 aromatic rings. The Morgan fingerprint density at radius 2 is 1.85 bits per heavy atom. The number of amides is 1. The Morgan fingerprint density at radius 1 is 1.08 bits per heavy atom. The van der Waals surface area contributed by atoms with E-state index >= 15 is 0 Å². The Balaban J connectivity index is 1.52. The molecule has 26 heavy (non-hydrogen) atoms. The van der Waals surface area contributed by atoms with Crippen molar-refractivity contribution in [3.63, 3.8) is 0 Å². The van der Waals surface area contributed by atoms with Crippen LogP contribution in [0.4, 0.5) is 5.69 Å². The molecule has 0 saturated carbocycles. The van der Waals surface area contributed by atoms with Gasteiger partial charge >= 0.3 is 0 Å². The highest BCUT2D eigenvalue weighted by Crippen LogP contribution is 2.20. The second-order valence-electron chi connectivity index (χ2n) is 6.63. The smallest absolute Gasteiger partial charge is 0.260 e. The Kier molecular flexibility index (Phi) is 5.56. The minimum atomic E-state index is 0.0126. The first kappa shape index (κ1) is 18.0. The normalized spacial score (nSPS) is 14.2. The molecule has 0 aromatic heterocycles. The van der Waals surface area contributed by atoms with Crippen molar-refractivity contribution >= 4 is 17.9 Å². The van der Waals surface area contributed by atoms with Crippen LogP contribution in [0.2, 0.25) is 0 Å². The highest BCUT2D eigenvalue weighted by Gasteiger charge is 2.21. The average molecular weight is 352 g/mol. The van der Waals surface area contributed by atoms with Crippen LogP contribution in [-0.2, 0) is 4.79 Å². The molecule has 0 spiro atoms. The molecular weight excluding hydrogens is 328 g/mol. The van der Waals surface area contributed by atoms with Gasteiger partial charge in [0.25, 0.3) is 5.91 Å². The third-order valence-corrected chi connectivity index (χ3v) is 4.73. The lowest BCUT2D eigenvalue weighted by molar-refractivity contribution is -0.133. The van der Waals surface area contributed by atoms with E-state index < -0.39 is 0 Å². The standard InChI is InChI=1S/C21H24N2O3/c1-16-4-3-5-20(12-16)26-15-21(25)23-10-8-22(9-11-23)19-7-6-18(14-24)17(2)13-19/h3-7,12-14H,8-11,15H2,1-2H3. The Bertz CT molecular complexity index is 796. The van der Waals surface area contributed by atoms with E-state index in [1.54, 1.807) is 0 Å². The number of carbonyl (C=O) groups is 2. The molecular formula is C21H24N2O3. The topological polar surface area (TPSA) is 49.9 Å². The van der Waals surface area contributed by atoms with Crippen LogP contribution in [0.25, 0.3) is 0 Å². The van der Waals surface area contributed by atoms with Crippen molar-refractivity contribution in [1.29, 1.82) is 0 Å². The van der Waals surface area contributed by atoms with Gasteiger partial charge in [-0.15, -0.1) is 0 Å². The lowest BCUT2D eigenvalue weighted by Crippen LogP contribution is -2.50. The molecule has 1 fully saturated rings. The van der Waals surface area contributed by atoms with Crippen LogP contribution in [-0.4, -0.2) is 49.9 Å². The molecule has 1 saturated heterocycles. The Labute approximate surface area is 154 Å². The van der Waals surface area contributed by atoms with Crippen molar-refractivity contribution in [2.75, 3.05) is 37.7 Å². The summed E-state index contributed by atoms with van der Waals surface area (Å²) >= 11 is 0. The maximum Gasteiger partial charge on any atom is 0.260 e. The van der Waals surface area contributed by atoms with Gasteiger partial charge in [-0.05, 0) is 55.3 Å². The van der Waals surface area contributed by atoms with Crippen molar-refractivity contribution in [2.45, 2.75) is 13.8 Å². The van der Waals surface area contributed by atoms with Gasteiger partial charge in [0.15, 0.2) is 6.61 Å². The molecule has 1 aliphatic heterocycles. The largest absolute Gasteiger partial charge is 0.484 e. The number of ether oxygens (including phenoxy) is 1. The number of aryl methyl sites for hydroxylation is 2. The molecule has 0 unspecified atom stereocenters. The molecule has 3 rings (SSSR count). The van der Waals surface area contributed by atoms with Crippen LogP contribution in [0.1, 0.15) is 21.5 Å².